The summed E-state index contributed by atoms with van der Waals surface area (Å²) < 4.78 is 0. The molecule has 0 aromatic heterocycles. The van der Waals surface area contributed by atoms with Crippen LogP contribution in [0.1, 0.15) is 75.7 Å². The largest absolute Gasteiger partial charge is 0.465 e. The number of carbonyl (C=O) groups excluding carboxylic acids is 1. The van der Waals surface area contributed by atoms with Crippen LogP contribution in [-0.4, -0.2) is 48.1 Å². The maximum atomic E-state index is 12.0. The van der Waals surface area contributed by atoms with Crippen LogP contribution in [0.2, 0.25) is 0 Å². The average molecular weight is 387 g/mol. The number of ketones is 1. The summed E-state index contributed by atoms with van der Waals surface area (Å²) in [4.78, 5) is 27.0. The number of benzene rings is 1. The van der Waals surface area contributed by atoms with Crippen molar-refractivity contribution in [2.45, 2.75) is 59.8 Å². The molecule has 3 rings (SSSR count). The lowest BCUT2D eigenvalue weighted by Gasteiger charge is -2.46. The van der Waals surface area contributed by atoms with Crippen molar-refractivity contribution in [3.8, 4) is 0 Å². The van der Waals surface area contributed by atoms with Crippen LogP contribution in [-0.2, 0) is 0 Å². The minimum absolute atomic E-state index is 0.0706. The van der Waals surface area contributed by atoms with Gasteiger partial charge in [-0.3, -0.25) is 4.79 Å². The Bertz CT molecular complexity index is 745. The van der Waals surface area contributed by atoms with Gasteiger partial charge in [-0.1, -0.05) is 39.8 Å². The standard InChI is InChI=1S/C23H34N2O3/c1-16(26)17-6-7-19(18-13-22(2,3)15-23(4,5)14-18)20(12-17)24-8-10-25(11-9-24)21(27)28/h6-7,12,18H,8-11,13-15H2,1-5H3,(H,27,28). The van der Waals surface area contributed by atoms with E-state index >= 15 is 0 Å². The Labute approximate surface area is 168 Å². The molecule has 0 atom stereocenters. The van der Waals surface area contributed by atoms with E-state index in [-0.39, 0.29) is 16.6 Å². The zero-order valence-corrected chi connectivity index (χ0v) is 17.9. The van der Waals surface area contributed by atoms with Crippen molar-refractivity contribution in [3.63, 3.8) is 0 Å². The van der Waals surface area contributed by atoms with Gasteiger partial charge in [0.15, 0.2) is 5.78 Å². The highest BCUT2D eigenvalue weighted by atomic mass is 16.4. The Morgan fingerprint density at radius 1 is 1.00 bits per heavy atom. The third-order valence-electron chi connectivity index (χ3n) is 6.32. The lowest BCUT2D eigenvalue weighted by atomic mass is 9.60. The van der Waals surface area contributed by atoms with E-state index in [1.807, 2.05) is 12.1 Å². The summed E-state index contributed by atoms with van der Waals surface area (Å²) in [5.41, 5.74) is 3.73. The lowest BCUT2D eigenvalue weighted by molar-refractivity contribution is 0.0966. The molecule has 1 N–H and O–H groups in total. The fourth-order valence-electron chi connectivity index (χ4n) is 5.59. The zero-order chi connectivity index (χ0) is 20.7. The van der Waals surface area contributed by atoms with Gasteiger partial charge in [0.05, 0.1) is 0 Å². The molecule has 1 aromatic carbocycles. The summed E-state index contributed by atoms with van der Waals surface area (Å²) in [7, 11) is 0. The maximum absolute atomic E-state index is 12.0. The first-order valence-electron chi connectivity index (χ1n) is 10.4. The van der Waals surface area contributed by atoms with Crippen molar-refractivity contribution in [1.82, 2.24) is 4.90 Å². The molecule has 1 aliphatic heterocycles. The number of amides is 1. The van der Waals surface area contributed by atoms with Gasteiger partial charge in [0.25, 0.3) is 0 Å². The second-order valence-corrected chi connectivity index (χ2v) is 10.2. The van der Waals surface area contributed by atoms with Gasteiger partial charge in [-0.2, -0.15) is 0 Å². The quantitative estimate of drug-likeness (QED) is 0.742. The molecule has 5 nitrogen and oxygen atoms in total. The summed E-state index contributed by atoms with van der Waals surface area (Å²) in [6, 6.07) is 6.14. The highest BCUT2D eigenvalue weighted by molar-refractivity contribution is 5.95. The molecule has 1 saturated carbocycles. The van der Waals surface area contributed by atoms with Crippen molar-refractivity contribution < 1.29 is 14.7 Å². The van der Waals surface area contributed by atoms with E-state index in [4.69, 9.17) is 0 Å². The smallest absolute Gasteiger partial charge is 0.407 e. The summed E-state index contributed by atoms with van der Waals surface area (Å²) in [6.45, 7) is 13.4. The predicted octanol–water partition coefficient (Wildman–Crippen LogP) is 5.01. The molecule has 0 spiro atoms. The van der Waals surface area contributed by atoms with Crippen LogP contribution in [0.3, 0.4) is 0 Å². The van der Waals surface area contributed by atoms with Crippen LogP contribution < -0.4 is 4.90 Å². The van der Waals surface area contributed by atoms with Crippen LogP contribution in [0.4, 0.5) is 10.5 Å². The average Bonchev–Trinajstić information content (AvgIpc) is 2.58. The van der Waals surface area contributed by atoms with Gasteiger partial charge in [0, 0.05) is 37.4 Å². The topological polar surface area (TPSA) is 60.9 Å². The summed E-state index contributed by atoms with van der Waals surface area (Å²) in [5, 5.41) is 9.25. The number of carbonyl (C=O) groups is 2. The second-order valence-electron chi connectivity index (χ2n) is 10.2. The Kier molecular flexibility index (Phi) is 5.48. The van der Waals surface area contributed by atoms with Crippen LogP contribution in [0.25, 0.3) is 0 Å². The summed E-state index contributed by atoms with van der Waals surface area (Å²) in [6.07, 6.45) is 2.64. The van der Waals surface area contributed by atoms with Crippen molar-refractivity contribution in [3.05, 3.63) is 29.3 Å². The molecule has 0 radical (unpaired) electrons. The molecule has 5 heteroatoms. The molecule has 1 aliphatic carbocycles. The van der Waals surface area contributed by atoms with Crippen LogP contribution in [0.5, 0.6) is 0 Å². The Morgan fingerprint density at radius 3 is 2.07 bits per heavy atom. The molecular weight excluding hydrogens is 352 g/mol. The van der Waals surface area contributed by atoms with Gasteiger partial charge in [-0.15, -0.1) is 0 Å². The lowest BCUT2D eigenvalue weighted by Crippen LogP contribution is -2.48. The normalized spacial score (nSPS) is 22.2. The molecular formula is C23H34N2O3. The van der Waals surface area contributed by atoms with E-state index in [1.165, 1.54) is 16.9 Å². The van der Waals surface area contributed by atoms with E-state index < -0.39 is 6.09 Å². The first-order valence-corrected chi connectivity index (χ1v) is 10.4. The van der Waals surface area contributed by atoms with E-state index in [2.05, 4.69) is 38.7 Å². The molecule has 0 unspecified atom stereocenters. The van der Waals surface area contributed by atoms with E-state index in [0.29, 0.717) is 32.1 Å². The minimum atomic E-state index is -0.854. The van der Waals surface area contributed by atoms with E-state index in [9.17, 15) is 14.7 Å². The van der Waals surface area contributed by atoms with Gasteiger partial charge in [-0.05, 0) is 54.6 Å². The number of hydrogen-bond donors (Lipinski definition) is 1. The molecule has 1 amide bonds. The number of carboxylic acid groups (broad SMARTS) is 1. The van der Waals surface area contributed by atoms with Gasteiger partial charge in [0.1, 0.15) is 0 Å². The number of nitrogens with zero attached hydrogens (tertiary/aromatic N) is 2. The summed E-state index contributed by atoms with van der Waals surface area (Å²) >= 11 is 0. The highest BCUT2D eigenvalue weighted by Crippen LogP contribution is 2.53. The van der Waals surface area contributed by atoms with Gasteiger partial charge in [-0.25, -0.2) is 4.79 Å². The van der Waals surface area contributed by atoms with Crippen LogP contribution >= 0.6 is 0 Å². The van der Waals surface area contributed by atoms with Crippen molar-refractivity contribution in [2.75, 3.05) is 31.1 Å². The molecule has 1 heterocycles. The first-order chi connectivity index (χ1) is 13.0. The second kappa shape index (κ2) is 7.41. The van der Waals surface area contributed by atoms with Crippen molar-refractivity contribution in [1.29, 1.82) is 0 Å². The molecule has 0 bridgehead atoms. The predicted molar refractivity (Wildman–Crippen MR) is 112 cm³/mol. The molecule has 1 aromatic rings. The third kappa shape index (κ3) is 4.50. The molecule has 1 saturated heterocycles. The van der Waals surface area contributed by atoms with Crippen LogP contribution in [0.15, 0.2) is 18.2 Å². The number of hydrogen-bond acceptors (Lipinski definition) is 3. The Hall–Kier alpha value is -2.04. The van der Waals surface area contributed by atoms with Crippen LogP contribution in [0, 0.1) is 10.8 Å². The highest BCUT2D eigenvalue weighted by Gasteiger charge is 2.40. The Morgan fingerprint density at radius 2 is 1.57 bits per heavy atom. The summed E-state index contributed by atoms with van der Waals surface area (Å²) in [5.74, 6) is 0.522. The van der Waals surface area contributed by atoms with Gasteiger partial charge < -0.3 is 14.9 Å². The van der Waals surface area contributed by atoms with Crippen molar-refractivity contribution >= 4 is 17.6 Å². The molecule has 154 valence electrons. The molecule has 28 heavy (non-hydrogen) atoms. The first kappa shape index (κ1) is 20.7. The third-order valence-corrected chi connectivity index (χ3v) is 6.32. The van der Waals surface area contributed by atoms with E-state index in [0.717, 1.165) is 24.1 Å². The molecule has 2 fully saturated rings. The Balaban J connectivity index is 1.95. The number of rotatable bonds is 3. The number of Topliss-reactive ketones (excluding diaryl/α,β-unsaturated/α-hetero) is 1. The van der Waals surface area contributed by atoms with Gasteiger partial charge in [0.2, 0.25) is 0 Å². The maximum Gasteiger partial charge on any atom is 0.407 e. The van der Waals surface area contributed by atoms with Gasteiger partial charge >= 0.3 is 6.09 Å². The number of anilines is 1. The van der Waals surface area contributed by atoms with Crippen molar-refractivity contribution in [2.24, 2.45) is 10.8 Å². The monoisotopic (exact) mass is 386 g/mol. The fourth-order valence-corrected chi connectivity index (χ4v) is 5.59. The minimum Gasteiger partial charge on any atom is -0.465 e. The van der Waals surface area contributed by atoms with E-state index in [1.54, 1.807) is 6.92 Å². The zero-order valence-electron chi connectivity index (χ0n) is 17.9. The SMILES string of the molecule is CC(=O)c1ccc(C2CC(C)(C)CC(C)(C)C2)c(N2CCN(C(=O)O)CC2)c1. The molecule has 2 aliphatic rings. The number of piperazine rings is 1. The fraction of sp³-hybridized carbons (Fsp3) is 0.652.